The first-order valence-corrected chi connectivity index (χ1v) is 8.88. The molecule has 0 saturated heterocycles. The van der Waals surface area contributed by atoms with Crippen molar-refractivity contribution < 1.29 is 0 Å². The molecular weight excluding hydrogens is 286 g/mol. The van der Waals surface area contributed by atoms with Gasteiger partial charge in [-0.3, -0.25) is 9.89 Å². The molecule has 2 aromatic rings. The van der Waals surface area contributed by atoms with E-state index >= 15 is 0 Å². The molecule has 0 atom stereocenters. The van der Waals surface area contributed by atoms with E-state index in [-0.39, 0.29) is 11.0 Å². The normalized spacial score (nSPS) is 34.9. The average molecular weight is 309 g/mol. The largest absolute Gasteiger partial charge is 0.268 e. The SMILES string of the molecule is Cc1c(C23CC4CC(CC(C4)C2)C3)c(=O)[nH]n1-c1ccccn1. The summed E-state index contributed by atoms with van der Waals surface area (Å²) in [6.45, 7) is 2.08. The van der Waals surface area contributed by atoms with Gasteiger partial charge in [-0.2, -0.15) is 0 Å². The van der Waals surface area contributed by atoms with Gasteiger partial charge in [-0.1, -0.05) is 6.07 Å². The summed E-state index contributed by atoms with van der Waals surface area (Å²) in [6.07, 6.45) is 9.63. The van der Waals surface area contributed by atoms with Crippen LogP contribution in [0.4, 0.5) is 0 Å². The molecule has 0 unspecified atom stereocenters. The van der Waals surface area contributed by atoms with E-state index in [1.54, 1.807) is 6.20 Å². The van der Waals surface area contributed by atoms with Crippen LogP contribution in [-0.4, -0.2) is 14.8 Å². The van der Waals surface area contributed by atoms with Gasteiger partial charge >= 0.3 is 0 Å². The van der Waals surface area contributed by atoms with Crippen LogP contribution in [0.25, 0.3) is 5.82 Å². The molecule has 4 saturated carbocycles. The van der Waals surface area contributed by atoms with Crippen molar-refractivity contribution in [3.63, 3.8) is 0 Å². The first-order chi connectivity index (χ1) is 11.1. The maximum Gasteiger partial charge on any atom is 0.268 e. The second-order valence-electron chi connectivity index (χ2n) is 8.12. The van der Waals surface area contributed by atoms with Gasteiger partial charge < -0.3 is 0 Å². The molecule has 4 aliphatic carbocycles. The number of nitrogens with one attached hydrogen (secondary N) is 1. The maximum atomic E-state index is 12.8. The van der Waals surface area contributed by atoms with Crippen molar-refractivity contribution in [3.8, 4) is 5.82 Å². The van der Waals surface area contributed by atoms with E-state index in [0.29, 0.717) is 0 Å². The van der Waals surface area contributed by atoms with Crippen molar-refractivity contribution in [3.05, 3.63) is 46.0 Å². The second-order valence-corrected chi connectivity index (χ2v) is 8.12. The molecule has 0 spiro atoms. The monoisotopic (exact) mass is 309 g/mol. The second kappa shape index (κ2) is 4.59. The number of H-pyrrole nitrogens is 1. The molecule has 4 heteroatoms. The van der Waals surface area contributed by atoms with Gasteiger partial charge in [0, 0.05) is 22.9 Å². The minimum Gasteiger partial charge on any atom is -0.268 e. The minimum absolute atomic E-state index is 0.107. The number of aromatic nitrogens is 3. The van der Waals surface area contributed by atoms with Crippen molar-refractivity contribution in [2.75, 3.05) is 0 Å². The van der Waals surface area contributed by atoms with Crippen molar-refractivity contribution in [2.24, 2.45) is 17.8 Å². The van der Waals surface area contributed by atoms with E-state index in [1.807, 2.05) is 22.9 Å². The fraction of sp³-hybridized carbons (Fsp3) is 0.579. The van der Waals surface area contributed by atoms with Crippen LogP contribution >= 0.6 is 0 Å². The molecule has 0 aromatic carbocycles. The topological polar surface area (TPSA) is 50.7 Å². The molecular formula is C19H23N3O. The summed E-state index contributed by atoms with van der Waals surface area (Å²) < 4.78 is 1.89. The van der Waals surface area contributed by atoms with Crippen molar-refractivity contribution in [2.45, 2.75) is 50.9 Å². The Morgan fingerprint density at radius 2 is 1.78 bits per heavy atom. The average Bonchev–Trinajstić information content (AvgIpc) is 2.82. The lowest BCUT2D eigenvalue weighted by Crippen LogP contribution is -2.50. The fourth-order valence-electron chi connectivity index (χ4n) is 6.27. The van der Waals surface area contributed by atoms with Crippen molar-refractivity contribution >= 4 is 0 Å². The van der Waals surface area contributed by atoms with Crippen molar-refractivity contribution in [1.29, 1.82) is 0 Å². The lowest BCUT2D eigenvalue weighted by Gasteiger charge is -2.56. The molecule has 23 heavy (non-hydrogen) atoms. The highest BCUT2D eigenvalue weighted by atomic mass is 16.1. The maximum absolute atomic E-state index is 12.8. The molecule has 1 N–H and O–H groups in total. The summed E-state index contributed by atoms with van der Waals surface area (Å²) in [7, 11) is 0. The van der Waals surface area contributed by atoms with Crippen molar-refractivity contribution in [1.82, 2.24) is 14.8 Å². The van der Waals surface area contributed by atoms with E-state index in [1.165, 1.54) is 38.5 Å². The van der Waals surface area contributed by atoms with Gasteiger partial charge in [-0.05, 0) is 75.3 Å². The smallest absolute Gasteiger partial charge is 0.268 e. The molecule has 4 bridgehead atoms. The van der Waals surface area contributed by atoms with Crippen LogP contribution in [0.1, 0.15) is 49.8 Å². The molecule has 6 rings (SSSR count). The van der Waals surface area contributed by atoms with Crippen LogP contribution in [-0.2, 0) is 5.41 Å². The highest BCUT2D eigenvalue weighted by Crippen LogP contribution is 2.60. The lowest BCUT2D eigenvalue weighted by atomic mass is 9.48. The minimum atomic E-state index is 0.107. The summed E-state index contributed by atoms with van der Waals surface area (Å²) in [4.78, 5) is 17.2. The third-order valence-corrected chi connectivity index (χ3v) is 6.58. The Labute approximate surface area is 135 Å². The van der Waals surface area contributed by atoms with Crippen LogP contribution in [0.3, 0.4) is 0 Å². The number of pyridine rings is 1. The molecule has 120 valence electrons. The van der Waals surface area contributed by atoms with Gasteiger partial charge in [-0.15, -0.1) is 0 Å². The summed E-state index contributed by atoms with van der Waals surface area (Å²) in [5.74, 6) is 3.34. The highest BCUT2D eigenvalue weighted by Gasteiger charge is 2.53. The first kappa shape index (κ1) is 13.6. The third-order valence-electron chi connectivity index (χ3n) is 6.58. The van der Waals surface area contributed by atoms with Crippen LogP contribution in [0.5, 0.6) is 0 Å². The van der Waals surface area contributed by atoms with Crippen LogP contribution < -0.4 is 5.56 Å². The Morgan fingerprint density at radius 1 is 1.13 bits per heavy atom. The number of aromatic amines is 1. The van der Waals surface area contributed by atoms with E-state index in [2.05, 4.69) is 17.0 Å². The summed E-state index contributed by atoms with van der Waals surface area (Å²) in [5.41, 5.74) is 2.36. The van der Waals surface area contributed by atoms with Gasteiger partial charge in [0.1, 0.15) is 0 Å². The Balaban J connectivity index is 1.64. The molecule has 0 aliphatic heterocycles. The Bertz CT molecular complexity index is 766. The van der Waals surface area contributed by atoms with E-state index < -0.39 is 0 Å². The first-order valence-electron chi connectivity index (χ1n) is 8.88. The number of rotatable bonds is 2. The summed E-state index contributed by atoms with van der Waals surface area (Å²) in [6, 6.07) is 5.82. The summed E-state index contributed by atoms with van der Waals surface area (Å²) in [5, 5.41) is 3.05. The summed E-state index contributed by atoms with van der Waals surface area (Å²) >= 11 is 0. The van der Waals surface area contributed by atoms with Crippen LogP contribution in [0.15, 0.2) is 29.2 Å². The van der Waals surface area contributed by atoms with E-state index in [0.717, 1.165) is 34.8 Å². The quantitative estimate of drug-likeness (QED) is 0.925. The molecule has 4 nitrogen and oxygen atoms in total. The number of hydrogen-bond donors (Lipinski definition) is 1. The van der Waals surface area contributed by atoms with Crippen LogP contribution in [0, 0.1) is 24.7 Å². The molecule has 4 aliphatic rings. The van der Waals surface area contributed by atoms with Gasteiger partial charge in [0.05, 0.1) is 0 Å². The molecule has 2 aromatic heterocycles. The highest BCUT2D eigenvalue weighted by molar-refractivity contribution is 5.35. The molecule has 0 radical (unpaired) electrons. The zero-order valence-corrected chi connectivity index (χ0v) is 13.6. The van der Waals surface area contributed by atoms with Crippen LogP contribution in [0.2, 0.25) is 0 Å². The fourth-order valence-corrected chi connectivity index (χ4v) is 6.27. The number of nitrogens with zero attached hydrogens (tertiary/aromatic N) is 2. The zero-order chi connectivity index (χ0) is 15.6. The third kappa shape index (κ3) is 1.90. The predicted octanol–water partition coefficient (Wildman–Crippen LogP) is 3.34. The zero-order valence-electron chi connectivity index (χ0n) is 13.6. The Hall–Kier alpha value is -1.84. The Morgan fingerprint density at radius 3 is 2.35 bits per heavy atom. The van der Waals surface area contributed by atoms with Gasteiger partial charge in [0.25, 0.3) is 5.56 Å². The molecule has 0 amide bonds. The predicted molar refractivity (Wildman–Crippen MR) is 88.8 cm³/mol. The Kier molecular flexibility index (Phi) is 2.71. The van der Waals surface area contributed by atoms with E-state index in [4.69, 9.17) is 0 Å². The lowest BCUT2D eigenvalue weighted by molar-refractivity contribution is -0.00593. The van der Waals surface area contributed by atoms with Gasteiger partial charge in [-0.25, -0.2) is 9.67 Å². The molecule has 2 heterocycles. The van der Waals surface area contributed by atoms with Gasteiger partial charge in [0.2, 0.25) is 0 Å². The van der Waals surface area contributed by atoms with Gasteiger partial charge in [0.15, 0.2) is 5.82 Å². The van der Waals surface area contributed by atoms with E-state index in [9.17, 15) is 4.79 Å². The molecule has 4 fully saturated rings. The standard InChI is InChI=1S/C19H23N3O/c1-12-17(18(23)21-22(12)16-4-2-3-5-20-16)19-9-13-6-14(10-19)8-15(7-13)11-19/h2-5,13-15H,6-11H2,1H3,(H,21,23). The number of hydrogen-bond acceptors (Lipinski definition) is 2.